The Hall–Kier alpha value is -1.55. The van der Waals surface area contributed by atoms with E-state index in [2.05, 4.69) is 9.97 Å². The van der Waals surface area contributed by atoms with Gasteiger partial charge in [0.05, 0.1) is 6.10 Å². The van der Waals surface area contributed by atoms with E-state index >= 15 is 0 Å². The minimum atomic E-state index is -1.15. The number of aromatic nitrogens is 2. The van der Waals surface area contributed by atoms with Crippen molar-refractivity contribution in [3.05, 3.63) is 23.8 Å². The molecule has 0 radical (unpaired) electrons. The molecule has 1 heterocycles. The average molecular weight is 209 g/mol. The second-order valence-electron chi connectivity index (χ2n) is 2.98. The topological polar surface area (TPSA) is 110 Å². The number of rotatable bonds is 4. The van der Waals surface area contributed by atoms with Crippen LogP contribution in [0.2, 0.25) is 0 Å². The highest BCUT2D eigenvalue weighted by Gasteiger charge is 2.18. The van der Waals surface area contributed by atoms with Gasteiger partial charge in [-0.05, 0) is 6.42 Å². The van der Waals surface area contributed by atoms with Crippen LogP contribution in [0.5, 0.6) is 0 Å². The van der Waals surface area contributed by atoms with Gasteiger partial charge in [-0.1, -0.05) is 0 Å². The summed E-state index contributed by atoms with van der Waals surface area (Å²) in [5.41, 5.74) is 0.315. The predicted octanol–water partition coefficient (Wildman–Crippen LogP) is -0.875. The van der Waals surface area contributed by atoms with E-state index in [1.807, 2.05) is 0 Å². The van der Waals surface area contributed by atoms with Crippen LogP contribution in [-0.4, -0.2) is 38.0 Å². The smallest absolute Gasteiger partial charge is 0.232 e. The SMILES string of the molecule is N#Cc1ncc(C(O)C(O)CCO)cn1. The Kier molecular flexibility index (Phi) is 4.12. The molecule has 2 unspecified atom stereocenters. The maximum absolute atomic E-state index is 9.56. The molecule has 0 aliphatic heterocycles. The van der Waals surface area contributed by atoms with E-state index < -0.39 is 12.2 Å². The van der Waals surface area contributed by atoms with Gasteiger partial charge in [0.15, 0.2) is 0 Å². The Balaban J connectivity index is 2.74. The fourth-order valence-corrected chi connectivity index (χ4v) is 1.06. The molecule has 6 heteroatoms. The van der Waals surface area contributed by atoms with Crippen molar-refractivity contribution in [2.75, 3.05) is 6.61 Å². The Morgan fingerprint density at radius 2 is 1.93 bits per heavy atom. The molecule has 0 amide bonds. The van der Waals surface area contributed by atoms with Crippen LogP contribution in [0, 0.1) is 11.3 Å². The van der Waals surface area contributed by atoms with E-state index in [-0.39, 0.29) is 18.9 Å². The summed E-state index contributed by atoms with van der Waals surface area (Å²) in [6, 6.07) is 1.74. The Bertz CT molecular complexity index is 347. The fraction of sp³-hybridized carbons (Fsp3) is 0.444. The number of aliphatic hydroxyl groups is 3. The summed E-state index contributed by atoms with van der Waals surface area (Å²) in [4.78, 5) is 7.31. The van der Waals surface area contributed by atoms with Crippen molar-refractivity contribution in [3.8, 4) is 6.07 Å². The standard InChI is InChI=1S/C9H11N3O3/c10-3-8-11-4-6(5-12-8)9(15)7(14)1-2-13/h4-5,7,9,13-15H,1-2H2. The Labute approximate surface area is 86.5 Å². The average Bonchev–Trinajstić information content (AvgIpc) is 2.28. The van der Waals surface area contributed by atoms with Gasteiger partial charge in [0, 0.05) is 24.6 Å². The number of nitrogens with zero attached hydrogens (tertiary/aromatic N) is 3. The number of aliphatic hydroxyl groups excluding tert-OH is 3. The van der Waals surface area contributed by atoms with Crippen molar-refractivity contribution in [1.82, 2.24) is 9.97 Å². The fourth-order valence-electron chi connectivity index (χ4n) is 1.06. The van der Waals surface area contributed by atoms with Gasteiger partial charge in [0.1, 0.15) is 12.2 Å². The zero-order chi connectivity index (χ0) is 11.3. The van der Waals surface area contributed by atoms with Crippen LogP contribution in [0.3, 0.4) is 0 Å². The lowest BCUT2D eigenvalue weighted by atomic mass is 10.1. The van der Waals surface area contributed by atoms with Crippen molar-refractivity contribution in [2.24, 2.45) is 0 Å². The molecule has 0 fully saturated rings. The molecule has 3 N–H and O–H groups in total. The van der Waals surface area contributed by atoms with Gasteiger partial charge in [-0.3, -0.25) is 0 Å². The second kappa shape index (κ2) is 5.36. The van der Waals surface area contributed by atoms with E-state index in [0.717, 1.165) is 0 Å². The molecule has 0 spiro atoms. The lowest BCUT2D eigenvalue weighted by Gasteiger charge is -2.16. The maximum atomic E-state index is 9.56. The zero-order valence-electron chi connectivity index (χ0n) is 7.91. The van der Waals surface area contributed by atoms with Crippen LogP contribution in [0.25, 0.3) is 0 Å². The zero-order valence-corrected chi connectivity index (χ0v) is 7.91. The molecule has 0 aliphatic carbocycles. The molecule has 0 aliphatic rings. The minimum absolute atomic E-state index is 0.00241. The molecule has 6 nitrogen and oxygen atoms in total. The van der Waals surface area contributed by atoms with Gasteiger partial charge >= 0.3 is 0 Å². The highest BCUT2D eigenvalue weighted by Crippen LogP contribution is 2.16. The summed E-state index contributed by atoms with van der Waals surface area (Å²) in [6.07, 6.45) is 0.408. The predicted molar refractivity (Wildman–Crippen MR) is 49.4 cm³/mol. The third-order valence-corrected chi connectivity index (χ3v) is 1.90. The molecule has 80 valence electrons. The van der Waals surface area contributed by atoms with Gasteiger partial charge < -0.3 is 15.3 Å². The minimum Gasteiger partial charge on any atom is -0.396 e. The summed E-state index contributed by atoms with van der Waals surface area (Å²) in [7, 11) is 0. The molecule has 0 aromatic carbocycles. The quantitative estimate of drug-likeness (QED) is 0.594. The molecule has 2 atom stereocenters. The second-order valence-corrected chi connectivity index (χ2v) is 2.98. The summed E-state index contributed by atoms with van der Waals surface area (Å²) in [6.45, 7) is -0.213. The largest absolute Gasteiger partial charge is 0.396 e. The van der Waals surface area contributed by atoms with E-state index in [0.29, 0.717) is 5.56 Å². The van der Waals surface area contributed by atoms with Gasteiger partial charge in [-0.2, -0.15) is 5.26 Å². The number of hydrogen-bond acceptors (Lipinski definition) is 6. The van der Waals surface area contributed by atoms with Gasteiger partial charge in [-0.15, -0.1) is 0 Å². The Morgan fingerprint density at radius 3 is 2.40 bits per heavy atom. The maximum Gasteiger partial charge on any atom is 0.232 e. The van der Waals surface area contributed by atoms with Gasteiger partial charge in [-0.25, -0.2) is 9.97 Å². The van der Waals surface area contributed by atoms with Crippen molar-refractivity contribution in [3.63, 3.8) is 0 Å². The summed E-state index contributed by atoms with van der Waals surface area (Å²) in [5, 5.41) is 35.9. The lowest BCUT2D eigenvalue weighted by Crippen LogP contribution is -2.19. The van der Waals surface area contributed by atoms with Crippen molar-refractivity contribution >= 4 is 0 Å². The van der Waals surface area contributed by atoms with Gasteiger partial charge in [0.2, 0.25) is 5.82 Å². The van der Waals surface area contributed by atoms with Crippen LogP contribution in [0.1, 0.15) is 23.9 Å². The highest BCUT2D eigenvalue weighted by molar-refractivity contribution is 5.15. The van der Waals surface area contributed by atoms with E-state index in [1.54, 1.807) is 6.07 Å². The normalized spacial score (nSPS) is 14.3. The molecule has 15 heavy (non-hydrogen) atoms. The molecule has 1 aromatic heterocycles. The molecule has 0 bridgehead atoms. The Morgan fingerprint density at radius 1 is 1.33 bits per heavy atom. The molecule has 1 aromatic rings. The van der Waals surface area contributed by atoms with Crippen LogP contribution in [0.15, 0.2) is 12.4 Å². The first-order valence-electron chi connectivity index (χ1n) is 4.38. The molecule has 1 rings (SSSR count). The van der Waals surface area contributed by atoms with Crippen LogP contribution in [0.4, 0.5) is 0 Å². The molecule has 0 saturated carbocycles. The van der Waals surface area contributed by atoms with Crippen molar-refractivity contribution in [2.45, 2.75) is 18.6 Å². The summed E-state index contributed by atoms with van der Waals surface area (Å²) < 4.78 is 0. The van der Waals surface area contributed by atoms with Crippen LogP contribution in [-0.2, 0) is 0 Å². The first kappa shape index (κ1) is 11.5. The number of hydrogen-bond donors (Lipinski definition) is 3. The van der Waals surface area contributed by atoms with E-state index in [9.17, 15) is 10.2 Å². The van der Waals surface area contributed by atoms with Crippen molar-refractivity contribution < 1.29 is 15.3 Å². The molecule has 0 saturated heterocycles. The molecular weight excluding hydrogens is 198 g/mol. The summed E-state index contributed by atoms with van der Waals surface area (Å²) >= 11 is 0. The molecular formula is C9H11N3O3. The highest BCUT2D eigenvalue weighted by atomic mass is 16.3. The van der Waals surface area contributed by atoms with Crippen LogP contribution >= 0.6 is 0 Å². The lowest BCUT2D eigenvalue weighted by molar-refractivity contribution is 0.00384. The van der Waals surface area contributed by atoms with Crippen LogP contribution < -0.4 is 0 Å². The third kappa shape index (κ3) is 2.95. The van der Waals surface area contributed by atoms with E-state index in [4.69, 9.17) is 10.4 Å². The first-order valence-corrected chi connectivity index (χ1v) is 4.38. The van der Waals surface area contributed by atoms with Gasteiger partial charge in [0.25, 0.3) is 0 Å². The first-order chi connectivity index (χ1) is 7.19. The van der Waals surface area contributed by atoms with Crippen molar-refractivity contribution in [1.29, 1.82) is 5.26 Å². The summed E-state index contributed by atoms with van der Waals surface area (Å²) in [5.74, 6) is 0.00241. The monoisotopic (exact) mass is 209 g/mol. The number of nitriles is 1. The third-order valence-electron chi connectivity index (χ3n) is 1.90. The van der Waals surface area contributed by atoms with E-state index in [1.165, 1.54) is 12.4 Å².